The van der Waals surface area contributed by atoms with Crippen molar-refractivity contribution in [1.82, 2.24) is 4.90 Å². The number of hydrogen-bond donors (Lipinski definition) is 2. The van der Waals surface area contributed by atoms with Gasteiger partial charge in [0, 0.05) is 44.6 Å². The number of rotatable bonds is 9. The van der Waals surface area contributed by atoms with Gasteiger partial charge in [-0.3, -0.25) is 19.2 Å². The standard InChI is InChI=1S/C50H73NO12/c1-9-36-24-30(2)23-31(3)25-43(59-7)46-44(60-8)27-34(6)50(58,63-46)47(55)48(56)51-22-14-13-17-38(51)49(57)62-45(32(4)18-20-39(36)52)33(5)26-35-19-21-42(40(53)28-35)61-29-41(54)37-15-11-10-12-16-37/h10-12,15-16,24,26,31-32,34-36,38,40,42-46,53,58H,9,13-14,17-23,25,27-29H2,1-8H3/b30-24+,33-26?. The molecule has 0 radical (unpaired) electrons. The van der Waals surface area contributed by atoms with Crippen molar-refractivity contribution in [3.05, 3.63) is 59.2 Å². The Morgan fingerprint density at radius 3 is 2.30 bits per heavy atom. The van der Waals surface area contributed by atoms with Crippen molar-refractivity contribution < 1.29 is 57.9 Å². The number of aliphatic hydroxyl groups is 2. The Kier molecular flexibility index (Phi) is 18.4. The number of amides is 1. The largest absolute Gasteiger partial charge is 0.456 e. The van der Waals surface area contributed by atoms with E-state index in [-0.39, 0.29) is 67.7 Å². The Balaban J connectivity index is 1.42. The summed E-state index contributed by atoms with van der Waals surface area (Å²) >= 11 is 0. The summed E-state index contributed by atoms with van der Waals surface area (Å²) in [6, 6.07) is 7.81. The number of aliphatic hydroxyl groups excluding tert-OH is 1. The number of methoxy groups -OCH3 is 2. The van der Waals surface area contributed by atoms with Gasteiger partial charge in [0.15, 0.2) is 5.78 Å². The molecule has 0 spiro atoms. The normalized spacial score (nSPS) is 37.0. The molecule has 2 N–H and O–H groups in total. The molecule has 1 aliphatic carbocycles. The van der Waals surface area contributed by atoms with Crippen molar-refractivity contribution in [3.8, 4) is 0 Å². The lowest BCUT2D eigenvalue weighted by Crippen LogP contribution is -2.64. The van der Waals surface area contributed by atoms with Crippen LogP contribution in [0.2, 0.25) is 0 Å². The van der Waals surface area contributed by atoms with Crippen LogP contribution in [0.5, 0.6) is 0 Å². The van der Waals surface area contributed by atoms with Crippen molar-refractivity contribution in [2.45, 2.75) is 167 Å². The lowest BCUT2D eigenvalue weighted by Gasteiger charge is -2.47. The minimum absolute atomic E-state index is 0.0686. The Morgan fingerprint density at radius 1 is 0.937 bits per heavy atom. The van der Waals surface area contributed by atoms with Crippen molar-refractivity contribution in [1.29, 1.82) is 0 Å². The smallest absolute Gasteiger partial charge is 0.329 e. The molecule has 1 aromatic rings. The summed E-state index contributed by atoms with van der Waals surface area (Å²) in [6.45, 7) is 11.6. The van der Waals surface area contributed by atoms with Crippen molar-refractivity contribution in [3.63, 3.8) is 0 Å². The van der Waals surface area contributed by atoms with E-state index in [4.69, 9.17) is 23.7 Å². The van der Waals surface area contributed by atoms with Gasteiger partial charge < -0.3 is 38.8 Å². The van der Waals surface area contributed by atoms with Gasteiger partial charge in [0.05, 0.1) is 24.4 Å². The second-order valence-electron chi connectivity index (χ2n) is 18.9. The number of cyclic esters (lactones) is 1. The number of allylic oxidation sites excluding steroid dienone is 3. The highest BCUT2D eigenvalue weighted by Crippen LogP contribution is 2.39. The molecule has 1 saturated carbocycles. The maximum absolute atomic E-state index is 14.4. The predicted molar refractivity (Wildman–Crippen MR) is 236 cm³/mol. The number of ketones is 3. The molecule has 13 atom stereocenters. The van der Waals surface area contributed by atoms with E-state index in [2.05, 4.69) is 13.0 Å². The molecule has 5 rings (SSSR count). The summed E-state index contributed by atoms with van der Waals surface area (Å²) in [6.07, 6.45) is 5.73. The molecule has 2 saturated heterocycles. The fraction of sp³-hybridized carbons (Fsp3) is 0.700. The van der Waals surface area contributed by atoms with E-state index in [1.807, 2.05) is 39.8 Å². The summed E-state index contributed by atoms with van der Waals surface area (Å²) in [5, 5.41) is 23.2. The molecule has 1 aromatic carbocycles. The quantitative estimate of drug-likeness (QED) is 0.116. The molecular weight excluding hydrogens is 807 g/mol. The van der Waals surface area contributed by atoms with Crippen molar-refractivity contribution >= 4 is 29.2 Å². The molecule has 63 heavy (non-hydrogen) atoms. The van der Waals surface area contributed by atoms with E-state index in [1.54, 1.807) is 45.4 Å². The van der Waals surface area contributed by atoms with Crippen LogP contribution in [0.25, 0.3) is 0 Å². The average Bonchev–Trinajstić information content (AvgIpc) is 3.27. The zero-order valence-corrected chi connectivity index (χ0v) is 38.8. The van der Waals surface area contributed by atoms with E-state index >= 15 is 0 Å². The fourth-order valence-electron chi connectivity index (χ4n) is 10.2. The summed E-state index contributed by atoms with van der Waals surface area (Å²) < 4.78 is 30.3. The number of fused-ring (bicyclic) bond motifs is 3. The summed E-state index contributed by atoms with van der Waals surface area (Å²) in [7, 11) is 3.09. The third kappa shape index (κ3) is 12.6. The van der Waals surface area contributed by atoms with Crippen LogP contribution in [0.15, 0.2) is 53.6 Å². The number of benzene rings is 1. The SMILES string of the molecule is CCC1/C=C(\C)CC(C)CC(OC)C2OC(O)(C(=O)C(=O)N3CCCCC3C(=O)OC(C(C)=CC3CCC(OCC(=O)c4ccccc4)C(O)C3)C(C)CCC1=O)C(C)CC2OC. The van der Waals surface area contributed by atoms with Crippen LogP contribution in [-0.4, -0.2) is 120 Å². The molecule has 350 valence electrons. The van der Waals surface area contributed by atoms with E-state index in [1.165, 1.54) is 4.90 Å². The minimum Gasteiger partial charge on any atom is -0.456 e. The fourth-order valence-corrected chi connectivity index (χ4v) is 10.2. The van der Waals surface area contributed by atoms with Crippen LogP contribution in [0, 0.1) is 29.6 Å². The molecule has 13 unspecified atom stereocenters. The van der Waals surface area contributed by atoms with Crippen LogP contribution in [-0.2, 0) is 42.9 Å². The average molecular weight is 880 g/mol. The molecule has 2 bridgehead atoms. The van der Waals surface area contributed by atoms with Crippen molar-refractivity contribution in [2.24, 2.45) is 29.6 Å². The molecule has 3 aliphatic heterocycles. The number of carbonyl (C=O) groups is 5. The first kappa shape index (κ1) is 50.4. The van der Waals surface area contributed by atoms with Crippen LogP contribution in [0.1, 0.15) is 129 Å². The molecule has 13 nitrogen and oxygen atoms in total. The summed E-state index contributed by atoms with van der Waals surface area (Å²) in [4.78, 5) is 70.7. The first-order chi connectivity index (χ1) is 30.0. The molecule has 1 amide bonds. The highest BCUT2D eigenvalue weighted by molar-refractivity contribution is 6.39. The van der Waals surface area contributed by atoms with Crippen LogP contribution in [0.4, 0.5) is 0 Å². The Morgan fingerprint density at radius 2 is 1.63 bits per heavy atom. The van der Waals surface area contributed by atoms with Gasteiger partial charge >= 0.3 is 5.97 Å². The van der Waals surface area contributed by atoms with Gasteiger partial charge in [-0.05, 0) is 108 Å². The van der Waals surface area contributed by atoms with Gasteiger partial charge in [-0.15, -0.1) is 0 Å². The second-order valence-corrected chi connectivity index (χ2v) is 18.9. The molecule has 4 aliphatic rings. The number of Topliss-reactive ketones (excluding diaryl/α,β-unsaturated/α-hetero) is 3. The van der Waals surface area contributed by atoms with Crippen LogP contribution < -0.4 is 0 Å². The van der Waals surface area contributed by atoms with E-state index < -0.39 is 72.0 Å². The lowest BCUT2D eigenvalue weighted by atomic mass is 9.82. The topological polar surface area (TPSA) is 175 Å². The Hall–Kier alpha value is -3.59. The highest BCUT2D eigenvalue weighted by atomic mass is 16.7. The number of hydrogen-bond acceptors (Lipinski definition) is 12. The maximum Gasteiger partial charge on any atom is 0.329 e. The second kappa shape index (κ2) is 23.0. The molecule has 13 heteroatoms. The summed E-state index contributed by atoms with van der Waals surface area (Å²) in [5.41, 5.74) is 2.36. The van der Waals surface area contributed by atoms with Gasteiger partial charge in [-0.2, -0.15) is 0 Å². The number of piperidine rings is 1. The maximum atomic E-state index is 14.4. The van der Waals surface area contributed by atoms with Gasteiger partial charge in [0.1, 0.15) is 30.6 Å². The molecule has 0 aromatic heterocycles. The van der Waals surface area contributed by atoms with Gasteiger partial charge in [0.2, 0.25) is 5.79 Å². The lowest BCUT2D eigenvalue weighted by molar-refractivity contribution is -0.302. The van der Waals surface area contributed by atoms with Gasteiger partial charge in [-0.1, -0.05) is 75.8 Å². The zero-order valence-electron chi connectivity index (χ0n) is 38.8. The van der Waals surface area contributed by atoms with Crippen LogP contribution in [0.3, 0.4) is 0 Å². The number of carbonyl (C=O) groups excluding carboxylic acids is 5. The third-order valence-electron chi connectivity index (χ3n) is 14.0. The van der Waals surface area contributed by atoms with Gasteiger partial charge in [-0.25, -0.2) is 4.79 Å². The van der Waals surface area contributed by atoms with E-state index in [9.17, 15) is 34.2 Å². The Labute approximate surface area is 374 Å². The number of ether oxygens (including phenoxy) is 5. The monoisotopic (exact) mass is 880 g/mol. The van der Waals surface area contributed by atoms with Gasteiger partial charge in [0.25, 0.3) is 11.7 Å². The highest BCUT2D eigenvalue weighted by Gasteiger charge is 2.56. The van der Waals surface area contributed by atoms with E-state index in [0.29, 0.717) is 63.4 Å². The predicted octanol–water partition coefficient (Wildman–Crippen LogP) is 6.76. The Bertz CT molecular complexity index is 1800. The molecule has 3 fully saturated rings. The molecular formula is C50H73NO12. The van der Waals surface area contributed by atoms with Crippen molar-refractivity contribution in [2.75, 3.05) is 27.4 Å². The number of nitrogens with zero attached hydrogens (tertiary/aromatic N) is 1. The van der Waals surface area contributed by atoms with E-state index in [0.717, 1.165) is 11.1 Å². The first-order valence-electron chi connectivity index (χ1n) is 23.3. The zero-order chi connectivity index (χ0) is 46.0. The summed E-state index contributed by atoms with van der Waals surface area (Å²) in [5.74, 6) is -6.79. The third-order valence-corrected chi connectivity index (χ3v) is 14.0. The number of esters is 1. The first-order valence-corrected chi connectivity index (χ1v) is 23.3. The van der Waals surface area contributed by atoms with Crippen LogP contribution >= 0.6 is 0 Å². The minimum atomic E-state index is -2.49. The molecule has 3 heterocycles.